The molecule has 0 saturated carbocycles. The van der Waals surface area contributed by atoms with Gasteiger partial charge < -0.3 is 25.7 Å². The number of rotatable bonds is 8. The van der Waals surface area contributed by atoms with Crippen LogP contribution in [0.3, 0.4) is 0 Å². The Morgan fingerprint density at radius 2 is 2.30 bits per heavy atom. The Hall–Kier alpha value is -2.58. The van der Waals surface area contributed by atoms with Gasteiger partial charge in [0.25, 0.3) is 0 Å². The van der Waals surface area contributed by atoms with Crippen LogP contribution in [-0.2, 0) is 11.3 Å². The number of alkyl carbamates (subject to hydrolysis) is 1. The number of aliphatic imine (C=N–C) groups is 1. The third kappa shape index (κ3) is 6.21. The van der Waals surface area contributed by atoms with Gasteiger partial charge in [-0.05, 0) is 56.7 Å². The van der Waals surface area contributed by atoms with Crippen LogP contribution < -0.4 is 16.4 Å². The van der Waals surface area contributed by atoms with E-state index in [2.05, 4.69) is 52.7 Å². The van der Waals surface area contributed by atoms with Crippen LogP contribution in [0.15, 0.2) is 46.3 Å². The van der Waals surface area contributed by atoms with E-state index in [0.717, 1.165) is 31.5 Å². The van der Waals surface area contributed by atoms with E-state index in [-0.39, 0.29) is 11.4 Å². The SMILES string of the molecule is CC(C)=CC1=CCCC(CNC(=O)OCCCCn2cnc3c2NC(Cl)=NC3N)=C1. The number of nitrogens with zero attached hydrogens (tertiary/aromatic N) is 3. The molecule has 8 nitrogen and oxygen atoms in total. The van der Waals surface area contributed by atoms with Crippen molar-refractivity contribution in [2.45, 2.75) is 52.2 Å². The maximum Gasteiger partial charge on any atom is 0.407 e. The van der Waals surface area contributed by atoms with Gasteiger partial charge >= 0.3 is 6.09 Å². The van der Waals surface area contributed by atoms with E-state index >= 15 is 0 Å². The second-order valence-electron chi connectivity index (χ2n) is 7.63. The minimum atomic E-state index is -0.546. The number of carbonyl (C=O) groups is 1. The number of aryl methyl sites for hydroxylation is 1. The van der Waals surface area contributed by atoms with E-state index in [1.807, 2.05) is 4.57 Å². The molecule has 0 spiro atoms. The molecule has 0 bridgehead atoms. The van der Waals surface area contributed by atoms with Crippen LogP contribution in [0.5, 0.6) is 0 Å². The lowest BCUT2D eigenvalue weighted by atomic mass is 9.98. The molecule has 1 aliphatic carbocycles. The molecular weight excluding hydrogens is 404 g/mol. The molecule has 0 saturated heterocycles. The number of anilines is 1. The number of fused-ring (bicyclic) bond motifs is 1. The summed E-state index contributed by atoms with van der Waals surface area (Å²) in [6.07, 6.45) is 10.8. The van der Waals surface area contributed by atoms with Crippen LogP contribution >= 0.6 is 11.6 Å². The van der Waals surface area contributed by atoms with Crippen LogP contribution in [0.2, 0.25) is 0 Å². The predicted octanol–water partition coefficient (Wildman–Crippen LogP) is 3.98. The number of imidazole rings is 1. The van der Waals surface area contributed by atoms with Crippen LogP contribution in [-0.4, -0.2) is 34.1 Å². The fourth-order valence-corrected chi connectivity index (χ4v) is 3.58. The van der Waals surface area contributed by atoms with Crippen molar-refractivity contribution in [3.8, 4) is 0 Å². The first kappa shape index (κ1) is 22.1. The maximum atomic E-state index is 11.9. The van der Waals surface area contributed by atoms with Crippen molar-refractivity contribution in [1.29, 1.82) is 0 Å². The normalized spacial score (nSPS) is 17.7. The Morgan fingerprint density at radius 1 is 1.47 bits per heavy atom. The number of hydrogen-bond donors (Lipinski definition) is 3. The van der Waals surface area contributed by atoms with Gasteiger partial charge in [-0.15, -0.1) is 0 Å². The van der Waals surface area contributed by atoms with Crippen LogP contribution in [0, 0.1) is 0 Å². The summed E-state index contributed by atoms with van der Waals surface area (Å²) < 4.78 is 7.23. The molecule has 1 atom stereocenters. The number of halogens is 1. The second-order valence-corrected chi connectivity index (χ2v) is 7.98. The van der Waals surface area contributed by atoms with Crippen LogP contribution in [0.4, 0.5) is 10.6 Å². The van der Waals surface area contributed by atoms with E-state index in [0.29, 0.717) is 25.4 Å². The maximum absolute atomic E-state index is 11.9. The monoisotopic (exact) mass is 432 g/mol. The lowest BCUT2D eigenvalue weighted by molar-refractivity contribution is 0.144. The number of carbonyl (C=O) groups excluding carboxylic acids is 1. The number of amidine groups is 1. The summed E-state index contributed by atoms with van der Waals surface area (Å²) in [5, 5.41) is 6.08. The number of unbranched alkanes of at least 4 members (excludes halogenated alkanes) is 1. The van der Waals surface area contributed by atoms with Crippen molar-refractivity contribution in [2.75, 3.05) is 18.5 Å². The molecule has 162 valence electrons. The summed E-state index contributed by atoms with van der Waals surface area (Å²) >= 11 is 5.95. The average molecular weight is 433 g/mol. The van der Waals surface area contributed by atoms with Gasteiger partial charge in [0.2, 0.25) is 0 Å². The largest absolute Gasteiger partial charge is 0.450 e. The van der Waals surface area contributed by atoms with Gasteiger partial charge in [0.1, 0.15) is 17.7 Å². The number of amides is 1. The number of allylic oxidation sites excluding steroid dienone is 5. The highest BCUT2D eigenvalue weighted by Gasteiger charge is 2.22. The Morgan fingerprint density at radius 3 is 3.10 bits per heavy atom. The second kappa shape index (κ2) is 10.4. The molecule has 2 aliphatic rings. The van der Waals surface area contributed by atoms with Gasteiger partial charge in [0.05, 0.1) is 12.9 Å². The van der Waals surface area contributed by atoms with Crippen molar-refractivity contribution in [2.24, 2.45) is 10.7 Å². The first-order valence-corrected chi connectivity index (χ1v) is 10.6. The fourth-order valence-electron chi connectivity index (χ4n) is 3.38. The van der Waals surface area contributed by atoms with Gasteiger partial charge in [-0.25, -0.2) is 14.8 Å². The molecule has 1 unspecified atom stereocenters. The van der Waals surface area contributed by atoms with Gasteiger partial charge in [-0.3, -0.25) is 0 Å². The molecule has 30 heavy (non-hydrogen) atoms. The van der Waals surface area contributed by atoms with Crippen LogP contribution in [0.25, 0.3) is 0 Å². The summed E-state index contributed by atoms with van der Waals surface area (Å²) in [5.41, 5.74) is 10.3. The summed E-state index contributed by atoms with van der Waals surface area (Å²) in [6, 6.07) is 0. The minimum Gasteiger partial charge on any atom is -0.450 e. The van der Waals surface area contributed by atoms with Crippen molar-refractivity contribution in [3.63, 3.8) is 0 Å². The molecule has 2 heterocycles. The molecule has 4 N–H and O–H groups in total. The lowest BCUT2D eigenvalue weighted by Crippen LogP contribution is -2.27. The Labute approximate surface area is 181 Å². The van der Waals surface area contributed by atoms with Gasteiger partial charge in [-0.1, -0.05) is 29.4 Å². The van der Waals surface area contributed by atoms with E-state index in [4.69, 9.17) is 22.1 Å². The molecule has 1 aromatic rings. The third-order valence-corrected chi connectivity index (χ3v) is 4.97. The highest BCUT2D eigenvalue weighted by Crippen LogP contribution is 2.26. The zero-order valence-corrected chi connectivity index (χ0v) is 18.2. The van der Waals surface area contributed by atoms with E-state index in [9.17, 15) is 4.79 Å². The molecule has 1 aliphatic heterocycles. The molecule has 1 amide bonds. The van der Waals surface area contributed by atoms with E-state index in [1.165, 1.54) is 16.7 Å². The highest BCUT2D eigenvalue weighted by atomic mass is 35.5. The minimum absolute atomic E-state index is 0.258. The van der Waals surface area contributed by atoms with Crippen molar-refractivity contribution >= 4 is 28.8 Å². The highest BCUT2D eigenvalue weighted by molar-refractivity contribution is 6.67. The first-order valence-electron chi connectivity index (χ1n) is 10.2. The zero-order valence-electron chi connectivity index (χ0n) is 17.4. The molecule has 0 fully saturated rings. The Bertz CT molecular complexity index is 895. The quantitative estimate of drug-likeness (QED) is 0.425. The molecule has 9 heteroatoms. The van der Waals surface area contributed by atoms with Crippen molar-refractivity contribution in [1.82, 2.24) is 14.9 Å². The zero-order chi connectivity index (χ0) is 21.5. The predicted molar refractivity (Wildman–Crippen MR) is 119 cm³/mol. The Balaban J connectivity index is 1.34. The van der Waals surface area contributed by atoms with E-state index in [1.54, 1.807) is 6.33 Å². The molecule has 1 aromatic heterocycles. The summed E-state index contributed by atoms with van der Waals surface area (Å²) in [7, 11) is 0. The van der Waals surface area contributed by atoms with Crippen molar-refractivity contribution < 1.29 is 9.53 Å². The topological polar surface area (TPSA) is 107 Å². The van der Waals surface area contributed by atoms with Crippen LogP contribution in [0.1, 0.15) is 51.4 Å². The summed E-state index contributed by atoms with van der Waals surface area (Å²) in [5.74, 6) is 0.767. The Kier molecular flexibility index (Phi) is 7.70. The van der Waals surface area contributed by atoms with Gasteiger partial charge in [0.15, 0.2) is 5.29 Å². The third-order valence-electron chi connectivity index (χ3n) is 4.78. The van der Waals surface area contributed by atoms with E-state index < -0.39 is 6.17 Å². The standard InChI is InChI=1S/C21H29ClN6O2/c1-14(2)10-15-6-5-7-16(11-15)12-24-21(29)30-9-4-3-8-28-13-25-17-18(23)26-20(22)27-19(17)28/h6,10-11,13,18H,3-5,7-9,12,23H2,1-2H3,(H,24,29)(H,26,27). The average Bonchev–Trinajstić information content (AvgIpc) is 3.09. The number of ether oxygens (including phenoxy) is 1. The first-order chi connectivity index (χ1) is 14.4. The van der Waals surface area contributed by atoms with Gasteiger partial charge in [0, 0.05) is 13.1 Å². The van der Waals surface area contributed by atoms with Gasteiger partial charge in [-0.2, -0.15) is 0 Å². The lowest BCUT2D eigenvalue weighted by Gasteiger charge is -2.17. The smallest absolute Gasteiger partial charge is 0.407 e. The van der Waals surface area contributed by atoms with Crippen molar-refractivity contribution in [3.05, 3.63) is 47.0 Å². The number of hydrogen-bond acceptors (Lipinski definition) is 6. The summed E-state index contributed by atoms with van der Waals surface area (Å²) in [6.45, 7) is 5.75. The molecule has 0 aromatic carbocycles. The molecule has 3 rings (SSSR count). The summed E-state index contributed by atoms with van der Waals surface area (Å²) in [4.78, 5) is 20.3. The molecule has 0 radical (unpaired) electrons. The number of nitrogens with two attached hydrogens (primary N) is 1. The number of nitrogens with one attached hydrogen (secondary N) is 2. The molecular formula is C21H29ClN6O2. The fraction of sp³-hybridized carbons (Fsp3) is 0.476. The number of aromatic nitrogens is 2.